The van der Waals surface area contributed by atoms with E-state index in [0.29, 0.717) is 30.8 Å². The van der Waals surface area contributed by atoms with Crippen LogP contribution in [0.5, 0.6) is 0 Å². The van der Waals surface area contributed by atoms with E-state index < -0.39 is 0 Å². The van der Waals surface area contributed by atoms with Gasteiger partial charge in [-0.05, 0) is 6.07 Å². The predicted molar refractivity (Wildman–Crippen MR) is 54.8 cm³/mol. The molecule has 5 nitrogen and oxygen atoms in total. The summed E-state index contributed by atoms with van der Waals surface area (Å²) >= 11 is 5.54. The fourth-order valence-corrected chi connectivity index (χ4v) is 1.24. The maximum atomic E-state index is 5.54. The van der Waals surface area contributed by atoms with E-state index in [1.807, 2.05) is 6.07 Å². The molecule has 1 N–H and O–H groups in total. The van der Waals surface area contributed by atoms with Crippen molar-refractivity contribution in [2.24, 2.45) is 0 Å². The Balaban J connectivity index is 1.88. The van der Waals surface area contributed by atoms with Gasteiger partial charge < -0.3 is 14.2 Å². The highest BCUT2D eigenvalue weighted by Gasteiger charge is 2.04. The molecule has 0 atom stereocenters. The quantitative estimate of drug-likeness (QED) is 0.792. The highest BCUT2D eigenvalue weighted by atomic mass is 35.5. The molecule has 0 saturated heterocycles. The molecule has 0 bridgehead atoms. The van der Waals surface area contributed by atoms with Gasteiger partial charge in [-0.15, -0.1) is 16.7 Å². The van der Waals surface area contributed by atoms with Crippen molar-refractivity contribution in [2.75, 3.05) is 11.2 Å². The molecule has 0 aliphatic heterocycles. The van der Waals surface area contributed by atoms with Crippen LogP contribution in [0.3, 0.4) is 0 Å². The summed E-state index contributed by atoms with van der Waals surface area (Å²) in [6, 6.07) is 2.26. The van der Waals surface area contributed by atoms with Crippen molar-refractivity contribution in [3.63, 3.8) is 0 Å². The zero-order valence-electron chi connectivity index (χ0n) is 7.94. The van der Waals surface area contributed by atoms with Gasteiger partial charge in [0, 0.05) is 24.4 Å². The van der Waals surface area contributed by atoms with Gasteiger partial charge in [-0.3, -0.25) is 0 Å². The van der Waals surface area contributed by atoms with E-state index in [1.165, 1.54) is 0 Å². The first-order chi connectivity index (χ1) is 7.38. The molecule has 2 rings (SSSR count). The molecule has 15 heavy (non-hydrogen) atoms. The molecular weight excluding hydrogens is 218 g/mol. The Morgan fingerprint density at radius 2 is 2.33 bits per heavy atom. The van der Waals surface area contributed by atoms with E-state index in [9.17, 15) is 0 Å². The third kappa shape index (κ3) is 2.73. The van der Waals surface area contributed by atoms with Crippen LogP contribution in [0.4, 0.5) is 6.01 Å². The molecule has 2 aromatic rings. The molecule has 6 heteroatoms. The number of aromatic nitrogens is 2. The van der Waals surface area contributed by atoms with Crippen LogP contribution in [0.2, 0.25) is 0 Å². The lowest BCUT2D eigenvalue weighted by Gasteiger charge is -1.96. The average molecular weight is 228 g/mol. The first-order valence-corrected chi connectivity index (χ1v) is 5.05. The van der Waals surface area contributed by atoms with Crippen LogP contribution in [0, 0.1) is 0 Å². The molecule has 0 aliphatic carbocycles. The summed E-state index contributed by atoms with van der Waals surface area (Å²) in [5.41, 5.74) is 1.02. The first-order valence-electron chi connectivity index (χ1n) is 4.52. The summed E-state index contributed by atoms with van der Waals surface area (Å²) in [4.78, 5) is 0. The highest BCUT2D eigenvalue weighted by molar-refractivity contribution is 6.17. The van der Waals surface area contributed by atoms with Gasteiger partial charge >= 0.3 is 6.01 Å². The van der Waals surface area contributed by atoms with Crippen molar-refractivity contribution >= 4 is 17.6 Å². The van der Waals surface area contributed by atoms with Gasteiger partial charge in [0.25, 0.3) is 0 Å². The molecular formula is C9H10ClN3O2. The van der Waals surface area contributed by atoms with E-state index in [2.05, 4.69) is 15.5 Å². The number of alkyl halides is 1. The largest absolute Gasteiger partial charge is 0.472 e. The lowest BCUT2D eigenvalue weighted by Crippen LogP contribution is -1.97. The lowest BCUT2D eigenvalue weighted by molar-refractivity contribution is 0.512. The number of furan rings is 1. The summed E-state index contributed by atoms with van der Waals surface area (Å²) in [6.07, 6.45) is 3.86. The van der Waals surface area contributed by atoms with Gasteiger partial charge in [-0.1, -0.05) is 5.10 Å². The number of halogens is 1. The Morgan fingerprint density at radius 1 is 1.40 bits per heavy atom. The zero-order valence-corrected chi connectivity index (χ0v) is 8.70. The Hall–Kier alpha value is -1.49. The van der Waals surface area contributed by atoms with Crippen LogP contribution >= 0.6 is 11.6 Å². The molecule has 0 aromatic carbocycles. The molecule has 0 amide bonds. The molecule has 80 valence electrons. The molecule has 0 aliphatic rings. The van der Waals surface area contributed by atoms with E-state index in [-0.39, 0.29) is 0 Å². The van der Waals surface area contributed by atoms with Gasteiger partial charge in [0.1, 0.15) is 0 Å². The third-order valence-corrected chi connectivity index (χ3v) is 1.99. The molecule has 0 unspecified atom stereocenters. The van der Waals surface area contributed by atoms with E-state index in [0.717, 1.165) is 5.56 Å². The SMILES string of the molecule is ClCCc1nnc(NCc2ccoc2)o1. The van der Waals surface area contributed by atoms with Crippen molar-refractivity contribution in [3.8, 4) is 0 Å². The van der Waals surface area contributed by atoms with Gasteiger partial charge in [-0.2, -0.15) is 0 Å². The van der Waals surface area contributed by atoms with Crippen LogP contribution in [0.15, 0.2) is 27.4 Å². The summed E-state index contributed by atoms with van der Waals surface area (Å²) in [6.45, 7) is 0.596. The normalized spacial score (nSPS) is 10.5. The fraction of sp³-hybridized carbons (Fsp3) is 0.333. The average Bonchev–Trinajstić information content (AvgIpc) is 2.85. The fourth-order valence-electron chi connectivity index (χ4n) is 1.08. The van der Waals surface area contributed by atoms with E-state index in [1.54, 1.807) is 12.5 Å². The smallest absolute Gasteiger partial charge is 0.315 e. The number of aryl methyl sites for hydroxylation is 1. The van der Waals surface area contributed by atoms with Crippen molar-refractivity contribution in [1.29, 1.82) is 0 Å². The number of rotatable bonds is 5. The maximum absolute atomic E-state index is 5.54. The second-order valence-corrected chi connectivity index (χ2v) is 3.30. The third-order valence-electron chi connectivity index (χ3n) is 1.80. The molecule has 0 radical (unpaired) electrons. The monoisotopic (exact) mass is 227 g/mol. The van der Waals surface area contributed by atoms with Crippen molar-refractivity contribution < 1.29 is 8.83 Å². The van der Waals surface area contributed by atoms with Crippen molar-refractivity contribution in [3.05, 3.63) is 30.0 Å². The Morgan fingerprint density at radius 3 is 3.07 bits per heavy atom. The van der Waals surface area contributed by atoms with Crippen molar-refractivity contribution in [2.45, 2.75) is 13.0 Å². The zero-order chi connectivity index (χ0) is 10.5. The summed E-state index contributed by atoms with van der Waals surface area (Å²) in [7, 11) is 0. The summed E-state index contributed by atoms with van der Waals surface area (Å²) < 4.78 is 10.2. The number of hydrogen-bond donors (Lipinski definition) is 1. The van der Waals surface area contributed by atoms with Crippen LogP contribution < -0.4 is 5.32 Å². The Kier molecular flexibility index (Phi) is 3.24. The second-order valence-electron chi connectivity index (χ2n) is 2.93. The minimum Gasteiger partial charge on any atom is -0.472 e. The maximum Gasteiger partial charge on any atom is 0.315 e. The Labute approximate surface area is 91.4 Å². The lowest BCUT2D eigenvalue weighted by atomic mass is 10.3. The van der Waals surface area contributed by atoms with Gasteiger partial charge in [0.05, 0.1) is 12.5 Å². The first kappa shape index (κ1) is 10.0. The minimum absolute atomic E-state index is 0.399. The predicted octanol–water partition coefficient (Wildman–Crippen LogP) is 2.06. The van der Waals surface area contributed by atoms with Crippen LogP contribution in [0.1, 0.15) is 11.5 Å². The molecule has 0 fully saturated rings. The van der Waals surface area contributed by atoms with Crippen LogP contribution in [-0.4, -0.2) is 16.1 Å². The van der Waals surface area contributed by atoms with E-state index >= 15 is 0 Å². The van der Waals surface area contributed by atoms with Gasteiger partial charge in [0.15, 0.2) is 0 Å². The molecule has 2 aromatic heterocycles. The summed E-state index contributed by atoms with van der Waals surface area (Å²) in [5.74, 6) is 1.02. The highest BCUT2D eigenvalue weighted by Crippen LogP contribution is 2.09. The van der Waals surface area contributed by atoms with Gasteiger partial charge in [0.2, 0.25) is 5.89 Å². The Bertz CT molecular complexity index is 399. The van der Waals surface area contributed by atoms with Crippen molar-refractivity contribution in [1.82, 2.24) is 10.2 Å². The minimum atomic E-state index is 0.399. The van der Waals surface area contributed by atoms with Crippen LogP contribution in [0.25, 0.3) is 0 Å². The standard InChI is InChI=1S/C9H10ClN3O2/c10-3-1-8-12-13-9(15-8)11-5-7-2-4-14-6-7/h2,4,6H,1,3,5H2,(H,11,13). The number of nitrogens with one attached hydrogen (secondary N) is 1. The molecule has 0 saturated carbocycles. The van der Waals surface area contributed by atoms with Gasteiger partial charge in [-0.25, -0.2) is 0 Å². The van der Waals surface area contributed by atoms with Crippen LogP contribution in [-0.2, 0) is 13.0 Å². The number of nitrogens with zero attached hydrogens (tertiary/aromatic N) is 2. The number of anilines is 1. The summed E-state index contributed by atoms with van der Waals surface area (Å²) in [5, 5.41) is 10.6. The number of hydrogen-bond acceptors (Lipinski definition) is 5. The topological polar surface area (TPSA) is 64.1 Å². The second kappa shape index (κ2) is 4.84. The molecule has 0 spiro atoms. The molecule has 2 heterocycles. The van der Waals surface area contributed by atoms with E-state index in [4.69, 9.17) is 20.4 Å².